The van der Waals surface area contributed by atoms with Crippen LogP contribution in [0.25, 0.3) is 0 Å². The fraction of sp³-hybridized carbons (Fsp3) is 0.211. The van der Waals surface area contributed by atoms with Crippen LogP contribution in [0.5, 0.6) is 0 Å². The number of Topliss-reactive ketones (excluding diaryl/α,β-unsaturated/α-hetero) is 1. The molecule has 1 heterocycles. The fourth-order valence-corrected chi connectivity index (χ4v) is 3.27. The van der Waals surface area contributed by atoms with Gasteiger partial charge in [-0.05, 0) is 36.8 Å². The van der Waals surface area contributed by atoms with E-state index < -0.39 is 29.6 Å². The number of rotatable bonds is 4. The third-order valence-electron chi connectivity index (χ3n) is 4.09. The Kier molecular flexibility index (Phi) is 4.99. The first-order valence-electron chi connectivity index (χ1n) is 7.89. The molecular formula is C19H16BrNO4. The number of benzene rings is 2. The number of hydrogen-bond acceptors (Lipinski definition) is 4. The van der Waals surface area contributed by atoms with Crippen molar-refractivity contribution in [1.29, 1.82) is 0 Å². The minimum atomic E-state index is -1.17. The van der Waals surface area contributed by atoms with E-state index in [4.69, 9.17) is 4.74 Å². The summed E-state index contributed by atoms with van der Waals surface area (Å²) in [5, 5.41) is 0. The van der Waals surface area contributed by atoms with Crippen molar-refractivity contribution in [3.63, 3.8) is 0 Å². The van der Waals surface area contributed by atoms with Crippen molar-refractivity contribution in [3.8, 4) is 0 Å². The molecule has 0 aromatic heterocycles. The van der Waals surface area contributed by atoms with Gasteiger partial charge in [-0.2, -0.15) is 0 Å². The Hall–Kier alpha value is -2.47. The highest BCUT2D eigenvalue weighted by molar-refractivity contribution is 9.10. The minimum Gasteiger partial charge on any atom is -0.465 e. The molecule has 0 bridgehead atoms. The zero-order chi connectivity index (χ0) is 18.0. The van der Waals surface area contributed by atoms with Crippen LogP contribution in [0.4, 0.5) is 5.69 Å². The lowest BCUT2D eigenvalue weighted by Gasteiger charge is -2.27. The largest absolute Gasteiger partial charge is 0.465 e. The average molecular weight is 402 g/mol. The molecule has 1 saturated heterocycles. The van der Waals surface area contributed by atoms with Crippen LogP contribution in [0.3, 0.4) is 0 Å². The molecule has 2 atom stereocenters. The number of carbonyl (C=O) groups excluding carboxylic acids is 3. The highest BCUT2D eigenvalue weighted by Crippen LogP contribution is 2.40. The minimum absolute atomic E-state index is 0.149. The zero-order valence-corrected chi connectivity index (χ0v) is 15.1. The van der Waals surface area contributed by atoms with Gasteiger partial charge in [-0.1, -0.05) is 46.3 Å². The molecule has 2 aromatic carbocycles. The molecule has 2 aromatic rings. The molecule has 0 saturated carbocycles. The van der Waals surface area contributed by atoms with E-state index in [1.807, 2.05) is 18.2 Å². The number of carbonyl (C=O) groups is 3. The summed E-state index contributed by atoms with van der Waals surface area (Å²) >= 11 is 3.35. The van der Waals surface area contributed by atoms with Gasteiger partial charge in [0.25, 0.3) is 5.91 Å². The van der Waals surface area contributed by atoms with Crippen molar-refractivity contribution < 1.29 is 19.1 Å². The van der Waals surface area contributed by atoms with Crippen LogP contribution in [0, 0.1) is 5.92 Å². The van der Waals surface area contributed by atoms with Crippen LogP contribution >= 0.6 is 15.9 Å². The van der Waals surface area contributed by atoms with Crippen LogP contribution in [-0.2, 0) is 19.1 Å². The van der Waals surface area contributed by atoms with Gasteiger partial charge in [-0.15, -0.1) is 0 Å². The molecule has 2 unspecified atom stereocenters. The summed E-state index contributed by atoms with van der Waals surface area (Å²) in [7, 11) is 0. The van der Waals surface area contributed by atoms with E-state index in [0.717, 1.165) is 4.47 Å². The zero-order valence-electron chi connectivity index (χ0n) is 13.5. The van der Waals surface area contributed by atoms with Crippen LogP contribution < -0.4 is 4.90 Å². The van der Waals surface area contributed by atoms with E-state index in [1.54, 1.807) is 43.3 Å². The lowest BCUT2D eigenvalue weighted by Crippen LogP contribution is -2.31. The molecule has 0 aliphatic carbocycles. The van der Waals surface area contributed by atoms with Crippen LogP contribution in [0.1, 0.15) is 18.5 Å². The number of anilines is 1. The Balaban J connectivity index is 2.11. The number of esters is 1. The third-order valence-corrected chi connectivity index (χ3v) is 4.62. The molecule has 3 rings (SSSR count). The van der Waals surface area contributed by atoms with Gasteiger partial charge in [0.1, 0.15) is 5.92 Å². The third kappa shape index (κ3) is 3.22. The van der Waals surface area contributed by atoms with Gasteiger partial charge < -0.3 is 4.74 Å². The van der Waals surface area contributed by atoms with Gasteiger partial charge in [0.2, 0.25) is 5.78 Å². The fourth-order valence-electron chi connectivity index (χ4n) is 3.01. The summed E-state index contributed by atoms with van der Waals surface area (Å²) in [4.78, 5) is 39.0. The van der Waals surface area contributed by atoms with E-state index in [9.17, 15) is 14.4 Å². The molecule has 5 nitrogen and oxygen atoms in total. The highest BCUT2D eigenvalue weighted by Gasteiger charge is 2.53. The van der Waals surface area contributed by atoms with Gasteiger partial charge in [0.15, 0.2) is 0 Å². The van der Waals surface area contributed by atoms with Crippen molar-refractivity contribution >= 4 is 39.3 Å². The standard InChI is InChI=1S/C19H16BrNO4/c1-2-25-19(24)15-16(12-6-4-3-5-7-12)21(18(23)17(15)22)14-10-8-13(20)9-11-14/h3-11,15-16H,2H2,1H3. The Bertz CT molecular complexity index is 804. The van der Waals surface area contributed by atoms with Gasteiger partial charge in [-0.25, -0.2) is 0 Å². The molecule has 1 aliphatic rings. The number of nitrogens with zero attached hydrogens (tertiary/aromatic N) is 1. The van der Waals surface area contributed by atoms with Gasteiger partial charge in [0.05, 0.1) is 12.6 Å². The van der Waals surface area contributed by atoms with Gasteiger partial charge in [-0.3, -0.25) is 19.3 Å². The van der Waals surface area contributed by atoms with Gasteiger partial charge in [0, 0.05) is 10.2 Å². The SMILES string of the molecule is CCOC(=O)C1C(=O)C(=O)N(c2ccc(Br)cc2)C1c1ccccc1. The molecule has 0 N–H and O–H groups in total. The van der Waals surface area contributed by atoms with Crippen LogP contribution in [0.15, 0.2) is 59.1 Å². The summed E-state index contributed by atoms with van der Waals surface area (Å²) in [5.74, 6) is -3.28. The number of hydrogen-bond donors (Lipinski definition) is 0. The van der Waals surface area contributed by atoms with Crippen molar-refractivity contribution in [2.75, 3.05) is 11.5 Å². The normalized spacial score (nSPS) is 20.0. The van der Waals surface area contributed by atoms with Gasteiger partial charge >= 0.3 is 5.97 Å². The summed E-state index contributed by atoms with van der Waals surface area (Å²) in [6.07, 6.45) is 0. The monoisotopic (exact) mass is 401 g/mol. The molecular weight excluding hydrogens is 386 g/mol. The van der Waals surface area contributed by atoms with E-state index in [1.165, 1.54) is 4.90 Å². The van der Waals surface area contributed by atoms with Crippen LogP contribution in [0.2, 0.25) is 0 Å². The second-order valence-electron chi connectivity index (χ2n) is 5.60. The molecule has 25 heavy (non-hydrogen) atoms. The Morgan fingerprint density at radius 1 is 1.08 bits per heavy atom. The van der Waals surface area contributed by atoms with Crippen molar-refractivity contribution in [2.45, 2.75) is 13.0 Å². The Morgan fingerprint density at radius 3 is 2.32 bits per heavy atom. The van der Waals surface area contributed by atoms with E-state index in [0.29, 0.717) is 11.3 Å². The number of halogens is 1. The Morgan fingerprint density at radius 2 is 1.72 bits per heavy atom. The molecule has 6 heteroatoms. The predicted molar refractivity (Wildman–Crippen MR) is 95.9 cm³/mol. The van der Waals surface area contributed by atoms with E-state index in [2.05, 4.69) is 15.9 Å². The summed E-state index contributed by atoms with van der Waals surface area (Å²) in [5.41, 5.74) is 1.27. The molecule has 1 fully saturated rings. The number of amides is 1. The van der Waals surface area contributed by atoms with E-state index >= 15 is 0 Å². The maximum atomic E-state index is 12.7. The highest BCUT2D eigenvalue weighted by atomic mass is 79.9. The molecule has 1 amide bonds. The van der Waals surface area contributed by atoms with Crippen molar-refractivity contribution in [1.82, 2.24) is 0 Å². The first kappa shape index (κ1) is 17.4. The predicted octanol–water partition coefficient (Wildman–Crippen LogP) is 3.29. The first-order valence-corrected chi connectivity index (χ1v) is 8.68. The van der Waals surface area contributed by atoms with E-state index in [-0.39, 0.29) is 6.61 Å². The maximum absolute atomic E-state index is 12.7. The topological polar surface area (TPSA) is 63.7 Å². The molecule has 1 aliphatic heterocycles. The van der Waals surface area contributed by atoms with Crippen molar-refractivity contribution in [2.24, 2.45) is 5.92 Å². The second kappa shape index (κ2) is 7.19. The maximum Gasteiger partial charge on any atom is 0.319 e. The number of ketones is 1. The summed E-state index contributed by atoms with van der Waals surface area (Å²) in [6, 6.07) is 15.4. The average Bonchev–Trinajstić information content (AvgIpc) is 2.88. The Labute approximate surface area is 153 Å². The lowest BCUT2D eigenvalue weighted by atomic mass is 9.93. The van der Waals surface area contributed by atoms with Crippen LogP contribution in [-0.4, -0.2) is 24.3 Å². The molecule has 0 radical (unpaired) electrons. The number of ether oxygens (including phenoxy) is 1. The molecule has 128 valence electrons. The smallest absolute Gasteiger partial charge is 0.319 e. The van der Waals surface area contributed by atoms with Crippen molar-refractivity contribution in [3.05, 3.63) is 64.6 Å². The summed E-state index contributed by atoms with van der Waals surface area (Å²) < 4.78 is 5.91. The first-order chi connectivity index (χ1) is 12.0. The quantitative estimate of drug-likeness (QED) is 0.447. The summed E-state index contributed by atoms with van der Waals surface area (Å²) in [6.45, 7) is 1.82. The molecule has 0 spiro atoms. The second-order valence-corrected chi connectivity index (χ2v) is 6.52. The lowest BCUT2D eigenvalue weighted by molar-refractivity contribution is -0.152.